The summed E-state index contributed by atoms with van der Waals surface area (Å²) in [4.78, 5) is 9.43. The van der Waals surface area contributed by atoms with Crippen LogP contribution in [0.25, 0.3) is 22.2 Å². The van der Waals surface area contributed by atoms with Crippen molar-refractivity contribution in [2.45, 2.75) is 0 Å². The third kappa shape index (κ3) is 1.99. The average molecular weight is 262 g/mol. The molecule has 3 rings (SSSR count). The fourth-order valence-corrected chi connectivity index (χ4v) is 2.21. The summed E-state index contributed by atoms with van der Waals surface area (Å²) in [7, 11) is 4.03. The SMILES string of the molecule is CN(C)c1ccc(-c2cnc3[nH]cc(C#N)c3c2)cc1. The molecule has 3 aromatic rings. The largest absolute Gasteiger partial charge is 0.378 e. The summed E-state index contributed by atoms with van der Waals surface area (Å²) >= 11 is 0. The molecule has 4 heteroatoms. The van der Waals surface area contributed by atoms with Crippen LogP contribution in [0.4, 0.5) is 5.69 Å². The number of anilines is 1. The Balaban J connectivity index is 2.07. The van der Waals surface area contributed by atoms with Crippen LogP contribution in [-0.2, 0) is 0 Å². The van der Waals surface area contributed by atoms with Gasteiger partial charge < -0.3 is 9.88 Å². The molecule has 98 valence electrons. The van der Waals surface area contributed by atoms with Crippen LogP contribution < -0.4 is 4.90 Å². The second-order valence-corrected chi connectivity index (χ2v) is 4.88. The lowest BCUT2D eigenvalue weighted by atomic mass is 10.1. The number of aromatic nitrogens is 2. The van der Waals surface area contributed by atoms with Crippen LogP contribution in [0.3, 0.4) is 0 Å². The Morgan fingerprint density at radius 1 is 1.15 bits per heavy atom. The Labute approximate surface area is 117 Å². The van der Waals surface area contributed by atoms with Gasteiger partial charge in [0.05, 0.1) is 5.56 Å². The molecule has 20 heavy (non-hydrogen) atoms. The molecular weight excluding hydrogens is 248 g/mol. The van der Waals surface area contributed by atoms with Gasteiger partial charge in [0.1, 0.15) is 11.7 Å². The normalized spacial score (nSPS) is 10.4. The third-order valence-corrected chi connectivity index (χ3v) is 3.37. The lowest BCUT2D eigenvalue weighted by Crippen LogP contribution is -2.07. The van der Waals surface area contributed by atoms with Crippen LogP contribution in [-0.4, -0.2) is 24.1 Å². The lowest BCUT2D eigenvalue weighted by Gasteiger charge is -2.12. The molecule has 0 radical (unpaired) electrons. The Kier molecular flexibility index (Phi) is 2.88. The number of rotatable bonds is 2. The molecule has 0 aliphatic heterocycles. The van der Waals surface area contributed by atoms with E-state index in [4.69, 9.17) is 5.26 Å². The fraction of sp³-hybridized carbons (Fsp3) is 0.125. The lowest BCUT2D eigenvalue weighted by molar-refractivity contribution is 1.13. The molecule has 0 aliphatic rings. The number of benzene rings is 1. The molecule has 0 aliphatic carbocycles. The number of nitrogens with one attached hydrogen (secondary N) is 1. The number of nitriles is 1. The van der Waals surface area contributed by atoms with Gasteiger partial charge in [-0.1, -0.05) is 12.1 Å². The van der Waals surface area contributed by atoms with Crippen LogP contribution in [0.1, 0.15) is 5.56 Å². The van der Waals surface area contributed by atoms with Gasteiger partial charge in [-0.05, 0) is 23.8 Å². The first-order valence-electron chi connectivity index (χ1n) is 6.34. The first kappa shape index (κ1) is 12.2. The van der Waals surface area contributed by atoms with Crippen LogP contribution in [0.15, 0.2) is 42.7 Å². The number of H-pyrrole nitrogens is 1. The Morgan fingerprint density at radius 2 is 1.90 bits per heavy atom. The van der Waals surface area contributed by atoms with Crippen molar-refractivity contribution in [3.05, 3.63) is 48.3 Å². The zero-order valence-corrected chi connectivity index (χ0v) is 11.4. The van der Waals surface area contributed by atoms with Crippen molar-refractivity contribution in [1.82, 2.24) is 9.97 Å². The zero-order chi connectivity index (χ0) is 14.1. The molecule has 2 aromatic heterocycles. The van der Waals surface area contributed by atoms with E-state index in [0.29, 0.717) is 5.56 Å². The van der Waals surface area contributed by atoms with Crippen molar-refractivity contribution in [2.24, 2.45) is 0 Å². The highest BCUT2D eigenvalue weighted by Gasteiger charge is 2.06. The Hall–Kier alpha value is -2.80. The van der Waals surface area contributed by atoms with Crippen molar-refractivity contribution in [3.8, 4) is 17.2 Å². The van der Waals surface area contributed by atoms with Crippen molar-refractivity contribution in [2.75, 3.05) is 19.0 Å². The maximum absolute atomic E-state index is 9.08. The van der Waals surface area contributed by atoms with Crippen molar-refractivity contribution in [3.63, 3.8) is 0 Å². The second-order valence-electron chi connectivity index (χ2n) is 4.88. The van der Waals surface area contributed by atoms with Gasteiger partial charge in [-0.3, -0.25) is 0 Å². The quantitative estimate of drug-likeness (QED) is 0.771. The standard InChI is InChI=1S/C16H14N4/c1-20(2)14-5-3-11(4-6-14)12-7-15-13(8-17)10-19-16(15)18-9-12/h3-7,9-10H,1-2H3,(H,18,19). The molecule has 0 unspecified atom stereocenters. The van der Waals surface area contributed by atoms with Crippen LogP contribution in [0.2, 0.25) is 0 Å². The van der Waals surface area contributed by atoms with Crippen LogP contribution in [0, 0.1) is 11.3 Å². The van der Waals surface area contributed by atoms with Gasteiger partial charge >= 0.3 is 0 Å². The molecule has 0 amide bonds. The van der Waals surface area contributed by atoms with E-state index in [-0.39, 0.29) is 0 Å². The van der Waals surface area contributed by atoms with Gasteiger partial charge in [-0.25, -0.2) is 4.98 Å². The van der Waals surface area contributed by atoms with E-state index in [2.05, 4.69) is 45.2 Å². The van der Waals surface area contributed by atoms with E-state index >= 15 is 0 Å². The summed E-state index contributed by atoms with van der Waals surface area (Å²) in [6.45, 7) is 0. The first-order valence-corrected chi connectivity index (χ1v) is 6.34. The number of hydrogen-bond donors (Lipinski definition) is 1. The number of nitrogens with zero attached hydrogens (tertiary/aromatic N) is 3. The molecule has 0 spiro atoms. The maximum Gasteiger partial charge on any atom is 0.138 e. The minimum absolute atomic E-state index is 0.624. The average Bonchev–Trinajstić information content (AvgIpc) is 2.89. The zero-order valence-electron chi connectivity index (χ0n) is 11.4. The van der Waals surface area contributed by atoms with E-state index in [1.165, 1.54) is 0 Å². The van der Waals surface area contributed by atoms with Gasteiger partial charge in [0.2, 0.25) is 0 Å². The monoisotopic (exact) mass is 262 g/mol. The van der Waals surface area contributed by atoms with Crippen LogP contribution in [0.5, 0.6) is 0 Å². The van der Waals surface area contributed by atoms with Gasteiger partial charge in [-0.2, -0.15) is 5.26 Å². The smallest absolute Gasteiger partial charge is 0.138 e. The van der Waals surface area contributed by atoms with Crippen LogP contribution >= 0.6 is 0 Å². The third-order valence-electron chi connectivity index (χ3n) is 3.37. The summed E-state index contributed by atoms with van der Waals surface area (Å²) < 4.78 is 0. The summed E-state index contributed by atoms with van der Waals surface area (Å²) in [5.41, 5.74) is 4.63. The molecule has 0 saturated carbocycles. The number of aromatic amines is 1. The summed E-state index contributed by atoms with van der Waals surface area (Å²) in [5.74, 6) is 0. The summed E-state index contributed by atoms with van der Waals surface area (Å²) in [5, 5.41) is 9.94. The maximum atomic E-state index is 9.08. The molecule has 0 fully saturated rings. The molecule has 4 nitrogen and oxygen atoms in total. The molecule has 0 saturated heterocycles. The minimum Gasteiger partial charge on any atom is -0.378 e. The van der Waals surface area contributed by atoms with Crippen molar-refractivity contribution in [1.29, 1.82) is 5.26 Å². The predicted molar refractivity (Wildman–Crippen MR) is 80.6 cm³/mol. The fourth-order valence-electron chi connectivity index (χ4n) is 2.21. The molecule has 0 bridgehead atoms. The van der Waals surface area contributed by atoms with Crippen molar-refractivity contribution >= 4 is 16.7 Å². The summed E-state index contributed by atoms with van der Waals surface area (Å²) in [6, 6.07) is 12.5. The molecule has 0 atom stereocenters. The molecular formula is C16H14N4. The van der Waals surface area contributed by atoms with E-state index in [1.807, 2.05) is 26.4 Å². The van der Waals surface area contributed by atoms with Crippen molar-refractivity contribution < 1.29 is 0 Å². The van der Waals surface area contributed by atoms with Gasteiger partial charge in [-0.15, -0.1) is 0 Å². The number of pyridine rings is 1. The second kappa shape index (κ2) is 4.71. The Bertz CT molecular complexity index is 791. The van der Waals surface area contributed by atoms with E-state index in [0.717, 1.165) is 27.8 Å². The molecule has 1 N–H and O–H groups in total. The van der Waals surface area contributed by atoms with E-state index in [1.54, 1.807) is 6.20 Å². The number of fused-ring (bicyclic) bond motifs is 1. The highest BCUT2D eigenvalue weighted by Crippen LogP contribution is 2.25. The summed E-state index contributed by atoms with van der Waals surface area (Å²) in [6.07, 6.45) is 3.52. The molecule has 2 heterocycles. The van der Waals surface area contributed by atoms with E-state index < -0.39 is 0 Å². The predicted octanol–water partition coefficient (Wildman–Crippen LogP) is 3.17. The van der Waals surface area contributed by atoms with Gasteiger partial charge in [0, 0.05) is 43.1 Å². The molecule has 1 aromatic carbocycles. The Morgan fingerprint density at radius 3 is 2.55 bits per heavy atom. The highest BCUT2D eigenvalue weighted by atomic mass is 15.1. The minimum atomic E-state index is 0.624. The van der Waals surface area contributed by atoms with E-state index in [9.17, 15) is 0 Å². The van der Waals surface area contributed by atoms with Gasteiger partial charge in [0.15, 0.2) is 0 Å². The first-order chi connectivity index (χ1) is 9.69. The number of hydrogen-bond acceptors (Lipinski definition) is 3. The van der Waals surface area contributed by atoms with Gasteiger partial charge in [0.25, 0.3) is 0 Å². The highest BCUT2D eigenvalue weighted by molar-refractivity contribution is 5.86. The topological polar surface area (TPSA) is 55.7 Å².